The molecule has 1 heteroatoms. The molecule has 0 N–H and O–H groups in total. The van der Waals surface area contributed by atoms with E-state index in [9.17, 15) is 0 Å². The molecule has 4 aromatic carbocycles. The van der Waals surface area contributed by atoms with E-state index in [1.165, 1.54) is 10.8 Å². The SMILES string of the molecule is C#CCC(OC(CC#C)c1cccc2ccccc12)c1cccc2ccccc12. The van der Waals surface area contributed by atoms with Crippen LogP contribution in [0.15, 0.2) is 84.9 Å². The van der Waals surface area contributed by atoms with E-state index in [2.05, 4.69) is 72.5 Å². The molecule has 0 bridgehead atoms. The minimum atomic E-state index is -0.233. The highest BCUT2D eigenvalue weighted by Crippen LogP contribution is 2.36. The Morgan fingerprint density at radius 3 is 1.45 bits per heavy atom. The Labute approximate surface area is 172 Å². The lowest BCUT2D eigenvalue weighted by Crippen LogP contribution is -2.11. The van der Waals surface area contributed by atoms with Crippen molar-refractivity contribution < 1.29 is 4.74 Å². The molecule has 0 spiro atoms. The molecule has 0 aliphatic rings. The van der Waals surface area contributed by atoms with Crippen LogP contribution in [0.4, 0.5) is 0 Å². The Kier molecular flexibility index (Phi) is 5.62. The van der Waals surface area contributed by atoms with Gasteiger partial charge >= 0.3 is 0 Å². The normalized spacial score (nSPS) is 12.9. The van der Waals surface area contributed by atoms with Crippen LogP contribution in [0.5, 0.6) is 0 Å². The van der Waals surface area contributed by atoms with Gasteiger partial charge in [0.25, 0.3) is 0 Å². The zero-order chi connectivity index (χ0) is 20.1. The van der Waals surface area contributed by atoms with Gasteiger partial charge in [-0.25, -0.2) is 0 Å². The maximum Gasteiger partial charge on any atom is 0.0948 e. The summed E-state index contributed by atoms with van der Waals surface area (Å²) in [6.45, 7) is 0. The summed E-state index contributed by atoms with van der Waals surface area (Å²) in [5.74, 6) is 5.58. The third-order valence-corrected chi connectivity index (χ3v) is 5.28. The summed E-state index contributed by atoms with van der Waals surface area (Å²) in [5, 5.41) is 4.67. The average molecular weight is 374 g/mol. The lowest BCUT2D eigenvalue weighted by atomic mass is 9.96. The van der Waals surface area contributed by atoms with Gasteiger partial charge in [-0.1, -0.05) is 84.9 Å². The van der Waals surface area contributed by atoms with Crippen molar-refractivity contribution >= 4 is 21.5 Å². The van der Waals surface area contributed by atoms with Crippen molar-refractivity contribution in [2.75, 3.05) is 0 Å². The predicted molar refractivity (Wildman–Crippen MR) is 121 cm³/mol. The summed E-state index contributed by atoms with van der Waals surface area (Å²) in [7, 11) is 0. The molecule has 4 aromatic rings. The first-order valence-electron chi connectivity index (χ1n) is 9.79. The molecule has 1 nitrogen and oxygen atoms in total. The van der Waals surface area contributed by atoms with Crippen LogP contribution in [-0.2, 0) is 4.74 Å². The third-order valence-electron chi connectivity index (χ3n) is 5.28. The van der Waals surface area contributed by atoms with E-state index < -0.39 is 0 Å². The second-order valence-corrected chi connectivity index (χ2v) is 7.07. The first-order valence-corrected chi connectivity index (χ1v) is 9.79. The molecule has 0 heterocycles. The maximum atomic E-state index is 6.63. The first kappa shape index (κ1) is 18.8. The second-order valence-electron chi connectivity index (χ2n) is 7.07. The number of ether oxygens (including phenoxy) is 1. The van der Waals surface area contributed by atoms with Gasteiger partial charge in [-0.3, -0.25) is 0 Å². The molecular weight excluding hydrogens is 352 g/mol. The Bertz CT molecular complexity index is 1110. The monoisotopic (exact) mass is 374 g/mol. The highest BCUT2D eigenvalue weighted by Gasteiger charge is 2.22. The molecule has 0 amide bonds. The molecule has 0 fully saturated rings. The fraction of sp³-hybridized carbons (Fsp3) is 0.143. The van der Waals surface area contributed by atoms with E-state index in [4.69, 9.17) is 17.6 Å². The highest BCUT2D eigenvalue weighted by atomic mass is 16.5. The van der Waals surface area contributed by atoms with Crippen LogP contribution in [0, 0.1) is 24.7 Å². The quantitative estimate of drug-likeness (QED) is 0.336. The van der Waals surface area contributed by atoms with Crippen molar-refractivity contribution in [3.8, 4) is 24.7 Å². The van der Waals surface area contributed by atoms with Crippen LogP contribution >= 0.6 is 0 Å². The minimum absolute atomic E-state index is 0.233. The van der Waals surface area contributed by atoms with Gasteiger partial charge < -0.3 is 4.74 Å². The van der Waals surface area contributed by atoms with Gasteiger partial charge in [0, 0.05) is 12.8 Å². The molecule has 4 rings (SSSR count). The molecule has 2 atom stereocenters. The molecule has 0 saturated heterocycles. The van der Waals surface area contributed by atoms with Crippen LogP contribution in [0.2, 0.25) is 0 Å². The van der Waals surface area contributed by atoms with E-state index in [1.54, 1.807) is 0 Å². The smallest absolute Gasteiger partial charge is 0.0948 e. The number of rotatable bonds is 6. The van der Waals surface area contributed by atoms with E-state index in [1.807, 2.05) is 24.3 Å². The molecule has 0 aliphatic heterocycles. The number of hydrogen-bond donors (Lipinski definition) is 0. The van der Waals surface area contributed by atoms with Gasteiger partial charge in [0.2, 0.25) is 0 Å². The molecule has 0 saturated carbocycles. The van der Waals surface area contributed by atoms with Gasteiger partial charge in [0.05, 0.1) is 12.2 Å². The Morgan fingerprint density at radius 2 is 1.00 bits per heavy atom. The van der Waals surface area contributed by atoms with Crippen molar-refractivity contribution in [3.05, 3.63) is 96.1 Å². The molecule has 2 unspecified atom stereocenters. The zero-order valence-corrected chi connectivity index (χ0v) is 16.2. The number of fused-ring (bicyclic) bond motifs is 2. The van der Waals surface area contributed by atoms with Gasteiger partial charge in [0.1, 0.15) is 0 Å². The fourth-order valence-corrected chi connectivity index (χ4v) is 3.94. The summed E-state index contributed by atoms with van der Waals surface area (Å²) in [5.41, 5.74) is 2.20. The number of benzene rings is 4. The van der Waals surface area contributed by atoms with Gasteiger partial charge in [-0.05, 0) is 32.7 Å². The summed E-state index contributed by atoms with van der Waals surface area (Å²) in [4.78, 5) is 0. The third kappa shape index (κ3) is 3.88. The second kappa shape index (κ2) is 8.66. The standard InChI is InChI=1S/C28H22O/c1-3-11-27(25-19-9-15-21-13-5-7-17-23(21)25)29-28(12-4-2)26-20-10-16-22-14-6-8-18-24(22)26/h1-2,5-10,13-20,27-28H,11-12H2. The molecular formula is C28H22O. The molecule has 0 radical (unpaired) electrons. The Morgan fingerprint density at radius 1 is 0.586 bits per heavy atom. The van der Waals surface area contributed by atoms with Crippen LogP contribution in [0.25, 0.3) is 21.5 Å². The Balaban J connectivity index is 1.77. The van der Waals surface area contributed by atoms with Crippen LogP contribution in [-0.4, -0.2) is 0 Å². The van der Waals surface area contributed by atoms with Crippen LogP contribution in [0.1, 0.15) is 36.2 Å². The summed E-state index contributed by atoms with van der Waals surface area (Å²) in [6.07, 6.45) is 11.9. The van der Waals surface area contributed by atoms with Crippen molar-refractivity contribution in [1.29, 1.82) is 0 Å². The zero-order valence-electron chi connectivity index (χ0n) is 16.2. The maximum absolute atomic E-state index is 6.63. The highest BCUT2D eigenvalue weighted by molar-refractivity contribution is 5.87. The Hall–Kier alpha value is -3.52. The van der Waals surface area contributed by atoms with E-state index >= 15 is 0 Å². The van der Waals surface area contributed by atoms with E-state index in [-0.39, 0.29) is 12.2 Å². The van der Waals surface area contributed by atoms with Crippen molar-refractivity contribution in [1.82, 2.24) is 0 Å². The van der Waals surface area contributed by atoms with Crippen molar-refractivity contribution in [2.45, 2.75) is 25.0 Å². The first-order chi connectivity index (χ1) is 14.3. The van der Waals surface area contributed by atoms with Crippen LogP contribution in [0.3, 0.4) is 0 Å². The molecule has 140 valence electrons. The molecule has 0 aliphatic carbocycles. The van der Waals surface area contributed by atoms with Crippen molar-refractivity contribution in [2.24, 2.45) is 0 Å². The summed E-state index contributed by atoms with van der Waals surface area (Å²) < 4.78 is 6.63. The predicted octanol–water partition coefficient (Wildman–Crippen LogP) is 6.84. The number of terminal acetylenes is 2. The summed E-state index contributed by atoms with van der Waals surface area (Å²) >= 11 is 0. The van der Waals surface area contributed by atoms with Gasteiger partial charge in [-0.15, -0.1) is 24.7 Å². The van der Waals surface area contributed by atoms with Crippen LogP contribution < -0.4 is 0 Å². The largest absolute Gasteiger partial charge is 0.364 e. The van der Waals surface area contributed by atoms with E-state index in [0.717, 1.165) is 21.9 Å². The average Bonchev–Trinajstić information content (AvgIpc) is 2.77. The fourth-order valence-electron chi connectivity index (χ4n) is 3.94. The minimum Gasteiger partial charge on any atom is -0.364 e. The van der Waals surface area contributed by atoms with E-state index in [0.29, 0.717) is 12.8 Å². The lowest BCUT2D eigenvalue weighted by molar-refractivity contribution is -0.00820. The topological polar surface area (TPSA) is 9.23 Å². The summed E-state index contributed by atoms with van der Waals surface area (Å²) in [6, 6.07) is 29.1. The lowest BCUT2D eigenvalue weighted by Gasteiger charge is -2.25. The molecule has 29 heavy (non-hydrogen) atoms. The van der Waals surface area contributed by atoms with Crippen molar-refractivity contribution in [3.63, 3.8) is 0 Å². The molecule has 0 aromatic heterocycles. The number of hydrogen-bond acceptors (Lipinski definition) is 1. The van der Waals surface area contributed by atoms with Gasteiger partial charge in [0.15, 0.2) is 0 Å². The van der Waals surface area contributed by atoms with Gasteiger partial charge in [-0.2, -0.15) is 0 Å².